The van der Waals surface area contributed by atoms with Crippen LogP contribution in [0.15, 0.2) is 36.4 Å². The van der Waals surface area contributed by atoms with Gasteiger partial charge in [0.2, 0.25) is 6.79 Å². The highest BCUT2D eigenvalue weighted by Crippen LogP contribution is 2.40. The van der Waals surface area contributed by atoms with Crippen LogP contribution in [0.5, 0.6) is 23.0 Å². The second-order valence-electron chi connectivity index (χ2n) is 8.35. The van der Waals surface area contributed by atoms with Gasteiger partial charge in [-0.25, -0.2) is 0 Å². The lowest BCUT2D eigenvalue weighted by Gasteiger charge is -2.19. The Morgan fingerprint density at radius 2 is 1.66 bits per heavy atom. The summed E-state index contributed by atoms with van der Waals surface area (Å²) in [5, 5.41) is 0. The third-order valence-corrected chi connectivity index (χ3v) is 6.28. The third kappa shape index (κ3) is 4.25. The number of ether oxygens (including phenoxy) is 5. The maximum Gasteiger partial charge on any atom is 0.305 e. The maximum absolute atomic E-state index is 12.7. The minimum atomic E-state index is -0.545. The van der Waals surface area contributed by atoms with Gasteiger partial charge in [-0.1, -0.05) is 12.1 Å². The number of rotatable bonds is 7. The predicted octanol–water partition coefficient (Wildman–Crippen LogP) is 3.22. The molecule has 0 atom stereocenters. The molecule has 0 saturated heterocycles. The predicted molar refractivity (Wildman–Crippen MR) is 126 cm³/mol. The molecule has 0 spiro atoms. The van der Waals surface area contributed by atoms with Crippen molar-refractivity contribution in [3.05, 3.63) is 58.9 Å². The van der Waals surface area contributed by atoms with E-state index in [1.807, 2.05) is 47.9 Å². The summed E-state index contributed by atoms with van der Waals surface area (Å²) < 4.78 is 29.3. The van der Waals surface area contributed by atoms with Gasteiger partial charge in [-0.15, -0.1) is 0 Å². The largest absolute Gasteiger partial charge is 0.486 e. The van der Waals surface area contributed by atoms with Crippen LogP contribution in [-0.4, -0.2) is 43.6 Å². The van der Waals surface area contributed by atoms with Gasteiger partial charge in [0, 0.05) is 23.5 Å². The molecule has 2 aromatic carbocycles. The minimum Gasteiger partial charge on any atom is -0.486 e. The molecule has 0 saturated carbocycles. The number of carbonyl (C=O) groups excluding carboxylic acids is 2. The molecule has 1 aromatic heterocycles. The van der Waals surface area contributed by atoms with E-state index in [9.17, 15) is 9.59 Å². The summed E-state index contributed by atoms with van der Waals surface area (Å²) in [6.45, 7) is 3.42. The number of fused-ring (bicyclic) bond motifs is 2. The van der Waals surface area contributed by atoms with E-state index in [1.165, 1.54) is 7.11 Å². The molecular formula is C26H26N2O7. The number of primary amides is 1. The number of methoxy groups -OCH3 is 1. The molecule has 182 valence electrons. The number of nitrogens with zero attached hydrogens (tertiary/aromatic N) is 1. The van der Waals surface area contributed by atoms with Crippen molar-refractivity contribution in [2.75, 3.05) is 27.1 Å². The number of carbonyl (C=O) groups is 2. The molecule has 5 rings (SSSR count). The highest BCUT2D eigenvalue weighted by molar-refractivity contribution is 6.02. The van der Waals surface area contributed by atoms with Gasteiger partial charge in [0.15, 0.2) is 23.0 Å². The monoisotopic (exact) mass is 478 g/mol. The molecule has 3 heterocycles. The summed E-state index contributed by atoms with van der Waals surface area (Å²) in [5.74, 6) is 1.73. The first kappa shape index (κ1) is 22.6. The van der Waals surface area contributed by atoms with Crippen LogP contribution in [0, 0.1) is 6.92 Å². The third-order valence-electron chi connectivity index (χ3n) is 6.28. The summed E-state index contributed by atoms with van der Waals surface area (Å²) in [4.78, 5) is 24.8. The van der Waals surface area contributed by atoms with E-state index in [0.29, 0.717) is 66.0 Å². The number of aromatic nitrogens is 1. The van der Waals surface area contributed by atoms with E-state index < -0.39 is 5.91 Å². The van der Waals surface area contributed by atoms with Crippen LogP contribution < -0.4 is 24.7 Å². The molecule has 1 amide bonds. The fourth-order valence-electron chi connectivity index (χ4n) is 4.63. The van der Waals surface area contributed by atoms with Gasteiger partial charge >= 0.3 is 5.97 Å². The topological polar surface area (TPSA) is 111 Å². The molecule has 0 unspecified atom stereocenters. The molecular weight excluding hydrogens is 452 g/mol. The Balaban J connectivity index is 1.64. The number of benzene rings is 2. The van der Waals surface area contributed by atoms with Gasteiger partial charge in [0.25, 0.3) is 5.91 Å². The zero-order valence-corrected chi connectivity index (χ0v) is 19.6. The SMILES string of the molecule is COC(=O)CCc1c(-c2ccc3c(c2)OCCO3)c(C(N)=O)c(C)n1Cc1ccc2c(c1)OCO2. The van der Waals surface area contributed by atoms with Gasteiger partial charge < -0.3 is 34.0 Å². The Labute approximate surface area is 202 Å². The van der Waals surface area contributed by atoms with E-state index in [1.54, 1.807) is 0 Å². The van der Waals surface area contributed by atoms with Gasteiger partial charge in [0.1, 0.15) is 13.2 Å². The van der Waals surface area contributed by atoms with Gasteiger partial charge in [0.05, 0.1) is 19.1 Å². The van der Waals surface area contributed by atoms with Crippen LogP contribution in [0.4, 0.5) is 0 Å². The Morgan fingerprint density at radius 3 is 2.43 bits per heavy atom. The number of amides is 1. The average molecular weight is 479 g/mol. The van der Waals surface area contributed by atoms with E-state index in [-0.39, 0.29) is 19.2 Å². The first-order valence-corrected chi connectivity index (χ1v) is 11.3. The summed E-state index contributed by atoms with van der Waals surface area (Å²) in [6.07, 6.45) is 0.506. The molecule has 2 aliphatic heterocycles. The van der Waals surface area contributed by atoms with Crippen molar-refractivity contribution in [1.29, 1.82) is 0 Å². The lowest BCUT2D eigenvalue weighted by molar-refractivity contribution is -0.140. The van der Waals surface area contributed by atoms with Crippen molar-refractivity contribution in [1.82, 2.24) is 4.57 Å². The number of nitrogens with two attached hydrogens (primary N) is 1. The maximum atomic E-state index is 12.7. The highest BCUT2D eigenvalue weighted by Gasteiger charge is 2.27. The van der Waals surface area contributed by atoms with Crippen LogP contribution in [0.25, 0.3) is 11.1 Å². The number of hydrogen-bond acceptors (Lipinski definition) is 7. The average Bonchev–Trinajstić information content (AvgIpc) is 3.44. The van der Waals surface area contributed by atoms with E-state index >= 15 is 0 Å². The quantitative estimate of drug-likeness (QED) is 0.519. The molecule has 9 heteroatoms. The second kappa shape index (κ2) is 9.25. The Bertz CT molecular complexity index is 1310. The van der Waals surface area contributed by atoms with Crippen LogP contribution in [0.2, 0.25) is 0 Å². The highest BCUT2D eigenvalue weighted by atomic mass is 16.7. The normalized spacial score (nSPS) is 13.5. The lowest BCUT2D eigenvalue weighted by Crippen LogP contribution is -2.15. The van der Waals surface area contributed by atoms with Gasteiger partial charge in [-0.2, -0.15) is 0 Å². The Morgan fingerprint density at radius 1 is 0.971 bits per heavy atom. The van der Waals surface area contributed by atoms with Gasteiger partial charge in [-0.05, 0) is 48.7 Å². The van der Waals surface area contributed by atoms with Crippen molar-refractivity contribution < 1.29 is 33.3 Å². The van der Waals surface area contributed by atoms with Crippen molar-refractivity contribution in [2.45, 2.75) is 26.3 Å². The smallest absolute Gasteiger partial charge is 0.305 e. The lowest BCUT2D eigenvalue weighted by atomic mass is 9.97. The Hall–Kier alpha value is -4.14. The number of esters is 1. The van der Waals surface area contributed by atoms with Crippen molar-refractivity contribution in [3.8, 4) is 34.1 Å². The number of hydrogen-bond donors (Lipinski definition) is 1. The molecule has 0 bridgehead atoms. The van der Waals surface area contributed by atoms with Crippen LogP contribution in [0.3, 0.4) is 0 Å². The van der Waals surface area contributed by atoms with Crippen molar-refractivity contribution >= 4 is 11.9 Å². The molecule has 2 aliphatic rings. The van der Waals surface area contributed by atoms with E-state index in [4.69, 9.17) is 29.4 Å². The first-order valence-electron chi connectivity index (χ1n) is 11.3. The van der Waals surface area contributed by atoms with Gasteiger partial charge in [-0.3, -0.25) is 9.59 Å². The summed E-state index contributed by atoms with van der Waals surface area (Å²) in [7, 11) is 1.36. The zero-order valence-electron chi connectivity index (χ0n) is 19.6. The molecule has 35 heavy (non-hydrogen) atoms. The van der Waals surface area contributed by atoms with Crippen LogP contribution in [0.1, 0.15) is 33.7 Å². The van der Waals surface area contributed by atoms with Crippen LogP contribution >= 0.6 is 0 Å². The summed E-state index contributed by atoms with van der Waals surface area (Å²) >= 11 is 0. The molecule has 2 N–H and O–H groups in total. The zero-order chi connectivity index (χ0) is 24.5. The van der Waals surface area contributed by atoms with Crippen LogP contribution in [-0.2, 0) is 22.5 Å². The summed E-state index contributed by atoms with van der Waals surface area (Å²) in [6, 6.07) is 11.3. The molecule has 3 aromatic rings. The fourth-order valence-corrected chi connectivity index (χ4v) is 4.63. The standard InChI is InChI=1S/C26H26N2O7/c1-15-24(26(27)30)25(17-4-7-19-22(12-17)33-10-9-32-19)18(5-8-23(29)31-2)28(15)13-16-3-6-20-21(11-16)35-14-34-20/h3-4,6-7,11-12H,5,8-10,13-14H2,1-2H3,(H2,27,30). The van der Waals surface area contributed by atoms with Crippen molar-refractivity contribution in [2.24, 2.45) is 5.73 Å². The molecule has 0 fully saturated rings. The Kier molecular flexibility index (Phi) is 5.98. The minimum absolute atomic E-state index is 0.150. The molecule has 0 radical (unpaired) electrons. The summed E-state index contributed by atoms with van der Waals surface area (Å²) in [5.41, 5.74) is 10.2. The fraction of sp³-hybridized carbons (Fsp3) is 0.308. The van der Waals surface area contributed by atoms with E-state index in [0.717, 1.165) is 16.8 Å². The first-order chi connectivity index (χ1) is 17.0. The van der Waals surface area contributed by atoms with E-state index in [2.05, 4.69) is 0 Å². The second-order valence-corrected chi connectivity index (χ2v) is 8.35. The molecule has 0 aliphatic carbocycles. The van der Waals surface area contributed by atoms with Crippen molar-refractivity contribution in [3.63, 3.8) is 0 Å². The molecule has 9 nitrogen and oxygen atoms in total.